The number of hydrogen-bond donors (Lipinski definition) is 1. The van der Waals surface area contributed by atoms with Crippen molar-refractivity contribution in [2.45, 2.75) is 25.7 Å². The average Bonchev–Trinajstić information content (AvgIpc) is 2.49. The van der Waals surface area contributed by atoms with Gasteiger partial charge in [-0.1, -0.05) is 0 Å². The normalized spacial score (nSPS) is 23.4. The zero-order chi connectivity index (χ0) is 9.26. The molecule has 0 unspecified atom stereocenters. The molecule has 72 valence electrons. The number of aryl methyl sites for hydroxylation is 1. The number of halogens is 1. The molecule has 1 saturated heterocycles. The fourth-order valence-corrected chi connectivity index (χ4v) is 3.49. The maximum Gasteiger partial charge on any atom is 0.0730 e. The first-order valence-electron chi connectivity index (χ1n) is 4.74. The Morgan fingerprint density at radius 3 is 3.00 bits per heavy atom. The van der Waals surface area contributed by atoms with Crippen LogP contribution in [0.5, 0.6) is 0 Å². The van der Waals surface area contributed by atoms with E-state index in [1.807, 2.05) is 11.3 Å². The quantitative estimate of drug-likeness (QED) is 0.817. The third kappa shape index (κ3) is 2.14. The van der Waals surface area contributed by atoms with Crippen molar-refractivity contribution < 1.29 is 0 Å². The zero-order valence-electron chi connectivity index (χ0n) is 7.77. The van der Waals surface area contributed by atoms with Crippen LogP contribution in [-0.4, -0.2) is 13.1 Å². The highest BCUT2D eigenvalue weighted by atomic mass is 79.9. The van der Waals surface area contributed by atoms with Gasteiger partial charge < -0.3 is 5.32 Å². The molecule has 0 aromatic carbocycles. The third-order valence-electron chi connectivity index (χ3n) is 2.58. The Morgan fingerprint density at radius 1 is 1.62 bits per heavy atom. The molecule has 0 bridgehead atoms. The average molecular weight is 260 g/mol. The highest BCUT2D eigenvalue weighted by Gasteiger charge is 2.17. The molecular weight excluding hydrogens is 246 g/mol. The van der Waals surface area contributed by atoms with Crippen LogP contribution in [0.2, 0.25) is 0 Å². The van der Waals surface area contributed by atoms with E-state index in [4.69, 9.17) is 0 Å². The smallest absolute Gasteiger partial charge is 0.0730 e. The molecule has 1 atom stereocenters. The summed E-state index contributed by atoms with van der Waals surface area (Å²) in [6.07, 6.45) is 2.67. The molecule has 1 aliphatic heterocycles. The van der Waals surface area contributed by atoms with Crippen molar-refractivity contribution in [1.29, 1.82) is 0 Å². The van der Waals surface area contributed by atoms with Gasteiger partial charge in [0, 0.05) is 17.3 Å². The molecule has 1 aromatic heterocycles. The van der Waals surface area contributed by atoms with Crippen LogP contribution in [-0.2, 0) is 0 Å². The first kappa shape index (κ1) is 9.69. The van der Waals surface area contributed by atoms with Gasteiger partial charge in [0.05, 0.1) is 3.79 Å². The molecule has 1 N–H and O–H groups in total. The molecule has 0 saturated carbocycles. The Labute approximate surface area is 91.7 Å². The van der Waals surface area contributed by atoms with Gasteiger partial charge >= 0.3 is 0 Å². The summed E-state index contributed by atoms with van der Waals surface area (Å²) in [5, 5.41) is 3.45. The van der Waals surface area contributed by atoms with Gasteiger partial charge in [-0.15, -0.1) is 11.3 Å². The van der Waals surface area contributed by atoms with Crippen LogP contribution in [0.25, 0.3) is 0 Å². The maximum absolute atomic E-state index is 3.58. The summed E-state index contributed by atoms with van der Waals surface area (Å²) in [6, 6.07) is 2.33. The monoisotopic (exact) mass is 259 g/mol. The third-order valence-corrected chi connectivity index (χ3v) is 4.87. The fourth-order valence-electron chi connectivity index (χ4n) is 1.78. The van der Waals surface area contributed by atoms with Gasteiger partial charge in [-0.3, -0.25) is 0 Å². The lowest BCUT2D eigenvalue weighted by molar-refractivity contribution is 0.466. The molecular formula is C10H14BrNS. The largest absolute Gasteiger partial charge is 0.316 e. The molecule has 0 aliphatic carbocycles. The van der Waals surface area contributed by atoms with E-state index in [9.17, 15) is 0 Å². The lowest BCUT2D eigenvalue weighted by Gasteiger charge is -2.21. The number of piperidine rings is 1. The molecule has 0 amide bonds. The van der Waals surface area contributed by atoms with E-state index in [0.717, 1.165) is 12.5 Å². The van der Waals surface area contributed by atoms with Crippen molar-refractivity contribution in [3.8, 4) is 0 Å². The van der Waals surface area contributed by atoms with Gasteiger partial charge in [-0.2, -0.15) is 0 Å². The van der Waals surface area contributed by atoms with Crippen LogP contribution in [0.4, 0.5) is 0 Å². The molecule has 2 heterocycles. The van der Waals surface area contributed by atoms with Gasteiger partial charge in [0.2, 0.25) is 0 Å². The molecule has 13 heavy (non-hydrogen) atoms. The van der Waals surface area contributed by atoms with Crippen molar-refractivity contribution in [2.75, 3.05) is 13.1 Å². The first-order valence-corrected chi connectivity index (χ1v) is 6.35. The molecule has 0 radical (unpaired) electrons. The summed E-state index contributed by atoms with van der Waals surface area (Å²) in [5.41, 5.74) is 1.38. The van der Waals surface area contributed by atoms with Gasteiger partial charge in [-0.05, 0) is 53.9 Å². The summed E-state index contributed by atoms with van der Waals surface area (Å²) in [6.45, 7) is 4.52. The Kier molecular flexibility index (Phi) is 3.06. The van der Waals surface area contributed by atoms with E-state index in [2.05, 4.69) is 34.2 Å². The Morgan fingerprint density at radius 2 is 2.46 bits per heavy atom. The van der Waals surface area contributed by atoms with Crippen LogP contribution in [0.1, 0.15) is 29.2 Å². The SMILES string of the molecule is Cc1cc([C@@H]2CCCNC2)sc1Br. The highest BCUT2D eigenvalue weighted by Crippen LogP contribution is 2.34. The van der Waals surface area contributed by atoms with Crippen molar-refractivity contribution in [1.82, 2.24) is 5.32 Å². The molecule has 1 aliphatic rings. The van der Waals surface area contributed by atoms with E-state index in [1.165, 1.54) is 33.6 Å². The number of hydrogen-bond acceptors (Lipinski definition) is 2. The van der Waals surface area contributed by atoms with Crippen molar-refractivity contribution in [3.63, 3.8) is 0 Å². The second kappa shape index (κ2) is 4.11. The van der Waals surface area contributed by atoms with Gasteiger partial charge in [0.15, 0.2) is 0 Å². The van der Waals surface area contributed by atoms with Gasteiger partial charge in [0.25, 0.3) is 0 Å². The van der Waals surface area contributed by atoms with Crippen molar-refractivity contribution >= 4 is 27.3 Å². The van der Waals surface area contributed by atoms with E-state index in [0.29, 0.717) is 0 Å². The standard InChI is InChI=1S/C10H14BrNS/c1-7-5-9(13-10(7)11)8-3-2-4-12-6-8/h5,8,12H,2-4,6H2,1H3/t8-/m1/s1. The van der Waals surface area contributed by atoms with Crippen LogP contribution >= 0.6 is 27.3 Å². The first-order chi connectivity index (χ1) is 6.27. The maximum atomic E-state index is 3.58. The lowest BCUT2D eigenvalue weighted by atomic mass is 9.98. The van der Waals surface area contributed by atoms with Crippen molar-refractivity contribution in [2.24, 2.45) is 0 Å². The Bertz CT molecular complexity index is 270. The number of thiophene rings is 1. The van der Waals surface area contributed by atoms with E-state index < -0.39 is 0 Å². The minimum atomic E-state index is 0.753. The van der Waals surface area contributed by atoms with Gasteiger partial charge in [0.1, 0.15) is 0 Å². The van der Waals surface area contributed by atoms with Crippen LogP contribution in [0.15, 0.2) is 9.85 Å². The summed E-state index contributed by atoms with van der Waals surface area (Å²) < 4.78 is 1.30. The molecule has 3 heteroatoms. The summed E-state index contributed by atoms with van der Waals surface area (Å²) in [7, 11) is 0. The Balaban J connectivity index is 2.14. The van der Waals surface area contributed by atoms with E-state index >= 15 is 0 Å². The van der Waals surface area contributed by atoms with E-state index in [1.54, 1.807) is 0 Å². The summed E-state index contributed by atoms with van der Waals surface area (Å²) >= 11 is 5.48. The second-order valence-electron chi connectivity index (χ2n) is 3.65. The molecule has 0 spiro atoms. The Hall–Kier alpha value is 0.140. The summed E-state index contributed by atoms with van der Waals surface area (Å²) in [4.78, 5) is 1.54. The predicted octanol–water partition coefficient (Wildman–Crippen LogP) is 3.29. The minimum Gasteiger partial charge on any atom is -0.316 e. The number of nitrogens with one attached hydrogen (secondary N) is 1. The second-order valence-corrected chi connectivity index (χ2v) is 6.05. The molecule has 1 aromatic rings. The fraction of sp³-hybridized carbons (Fsp3) is 0.600. The van der Waals surface area contributed by atoms with E-state index in [-0.39, 0.29) is 0 Å². The van der Waals surface area contributed by atoms with Crippen LogP contribution < -0.4 is 5.32 Å². The van der Waals surface area contributed by atoms with Crippen LogP contribution in [0, 0.1) is 6.92 Å². The molecule has 1 nitrogen and oxygen atoms in total. The molecule has 1 fully saturated rings. The van der Waals surface area contributed by atoms with Gasteiger partial charge in [-0.25, -0.2) is 0 Å². The topological polar surface area (TPSA) is 12.0 Å². The molecule has 2 rings (SSSR count). The lowest BCUT2D eigenvalue weighted by Crippen LogP contribution is -2.27. The van der Waals surface area contributed by atoms with Crippen molar-refractivity contribution in [3.05, 3.63) is 20.3 Å². The number of rotatable bonds is 1. The predicted molar refractivity (Wildman–Crippen MR) is 61.6 cm³/mol. The van der Waals surface area contributed by atoms with Crippen LogP contribution in [0.3, 0.4) is 0 Å². The zero-order valence-corrected chi connectivity index (χ0v) is 10.2. The summed E-state index contributed by atoms with van der Waals surface area (Å²) in [5.74, 6) is 0.753. The highest BCUT2D eigenvalue weighted by molar-refractivity contribution is 9.11. The minimum absolute atomic E-state index is 0.753.